The Kier molecular flexibility index (Phi) is 9.43. The van der Waals surface area contributed by atoms with Crippen LogP contribution in [-0.4, -0.2) is 52.5 Å². The van der Waals surface area contributed by atoms with Crippen LogP contribution in [0.3, 0.4) is 0 Å². The molecule has 1 atom stereocenters. The van der Waals surface area contributed by atoms with Crippen molar-refractivity contribution in [1.82, 2.24) is 0 Å². The van der Waals surface area contributed by atoms with Gasteiger partial charge in [-0.15, -0.1) is 0 Å². The zero-order valence-electron chi connectivity index (χ0n) is 14.3. The summed E-state index contributed by atoms with van der Waals surface area (Å²) in [5.41, 5.74) is 9.36. The van der Waals surface area contributed by atoms with Crippen LogP contribution in [0.15, 0.2) is 28.2 Å². The normalized spacial score (nSPS) is 12.6. The molecule has 0 amide bonds. The van der Waals surface area contributed by atoms with Gasteiger partial charge in [-0.3, -0.25) is 4.55 Å². The van der Waals surface area contributed by atoms with Gasteiger partial charge >= 0.3 is 0 Å². The van der Waals surface area contributed by atoms with Crippen LogP contribution in [0.4, 0.5) is 0 Å². The van der Waals surface area contributed by atoms with Crippen LogP contribution in [0.5, 0.6) is 0 Å². The van der Waals surface area contributed by atoms with Crippen LogP contribution in [0.25, 0.3) is 10.4 Å². The first-order chi connectivity index (χ1) is 11.9. The number of aryl methyl sites for hydroxylation is 1. The lowest BCUT2D eigenvalue weighted by Crippen LogP contribution is -2.13. The Balaban J connectivity index is 2.35. The van der Waals surface area contributed by atoms with Crippen molar-refractivity contribution < 1.29 is 27.2 Å². The largest absolute Gasteiger partial charge is 0.379 e. The molecule has 1 aromatic carbocycles. The van der Waals surface area contributed by atoms with Gasteiger partial charge in [0, 0.05) is 17.0 Å². The second-order valence-corrected chi connectivity index (χ2v) is 6.60. The van der Waals surface area contributed by atoms with Gasteiger partial charge in [0.15, 0.2) is 0 Å². The molecule has 0 saturated heterocycles. The van der Waals surface area contributed by atoms with Gasteiger partial charge in [0.2, 0.25) is 0 Å². The summed E-state index contributed by atoms with van der Waals surface area (Å²) in [6, 6.07) is 4.65. The monoisotopic (exact) mass is 373 g/mol. The Morgan fingerprint density at radius 2 is 1.84 bits per heavy atom. The van der Waals surface area contributed by atoms with E-state index in [2.05, 4.69) is 10.0 Å². The van der Waals surface area contributed by atoms with Crippen molar-refractivity contribution in [2.75, 3.05) is 39.6 Å². The first-order valence-corrected chi connectivity index (χ1v) is 9.16. The Labute approximate surface area is 147 Å². The molecule has 25 heavy (non-hydrogen) atoms. The number of hydrogen-bond donors (Lipinski definition) is 1. The molecule has 0 aliphatic rings. The highest BCUT2D eigenvalue weighted by molar-refractivity contribution is 7.85. The molecular formula is C15H23N3O6S. The SMILES string of the molecule is Cc1ccc(S(=O)(=O)O)c(C(C)OCCOCCOCCN=[N+]=[N-])c1. The fourth-order valence-electron chi connectivity index (χ4n) is 2.07. The van der Waals surface area contributed by atoms with Crippen molar-refractivity contribution in [3.05, 3.63) is 39.8 Å². The maximum absolute atomic E-state index is 11.4. The molecule has 10 heteroatoms. The van der Waals surface area contributed by atoms with Gasteiger partial charge in [0.25, 0.3) is 10.1 Å². The van der Waals surface area contributed by atoms with Crippen LogP contribution in [0, 0.1) is 6.92 Å². The van der Waals surface area contributed by atoms with Gasteiger partial charge < -0.3 is 14.2 Å². The quantitative estimate of drug-likeness (QED) is 0.197. The van der Waals surface area contributed by atoms with Crippen molar-refractivity contribution >= 4 is 10.1 Å². The van der Waals surface area contributed by atoms with Crippen molar-refractivity contribution in [1.29, 1.82) is 0 Å². The number of benzene rings is 1. The van der Waals surface area contributed by atoms with Gasteiger partial charge in [0.1, 0.15) is 0 Å². The molecule has 1 aromatic rings. The minimum absolute atomic E-state index is 0.153. The molecule has 0 fully saturated rings. The van der Waals surface area contributed by atoms with E-state index >= 15 is 0 Å². The first kappa shape index (κ1) is 21.4. The van der Waals surface area contributed by atoms with Crippen LogP contribution < -0.4 is 0 Å². The van der Waals surface area contributed by atoms with Crippen molar-refractivity contribution in [2.45, 2.75) is 24.8 Å². The third-order valence-corrected chi connectivity index (χ3v) is 4.18. The molecule has 0 aliphatic heterocycles. The van der Waals surface area contributed by atoms with E-state index in [1.54, 1.807) is 19.1 Å². The van der Waals surface area contributed by atoms with E-state index < -0.39 is 16.2 Å². The highest BCUT2D eigenvalue weighted by atomic mass is 32.2. The Morgan fingerprint density at radius 1 is 1.20 bits per heavy atom. The molecule has 1 rings (SSSR count). The molecule has 0 spiro atoms. The fraction of sp³-hybridized carbons (Fsp3) is 0.600. The van der Waals surface area contributed by atoms with Crippen LogP contribution in [-0.2, 0) is 24.3 Å². The molecular weight excluding hydrogens is 350 g/mol. The zero-order chi connectivity index (χ0) is 18.7. The molecule has 140 valence electrons. The summed E-state index contributed by atoms with van der Waals surface area (Å²) >= 11 is 0. The maximum Gasteiger partial charge on any atom is 0.294 e. The Bertz CT molecular complexity index is 689. The van der Waals surface area contributed by atoms with Crippen LogP contribution >= 0.6 is 0 Å². The molecule has 1 unspecified atom stereocenters. The second kappa shape index (κ2) is 11.0. The molecule has 0 saturated carbocycles. The maximum atomic E-state index is 11.4. The third kappa shape index (κ3) is 8.30. The molecule has 0 bridgehead atoms. The van der Waals surface area contributed by atoms with E-state index in [1.807, 2.05) is 6.92 Å². The van der Waals surface area contributed by atoms with E-state index in [1.165, 1.54) is 6.07 Å². The molecule has 0 aromatic heterocycles. The minimum Gasteiger partial charge on any atom is -0.379 e. The van der Waals surface area contributed by atoms with E-state index in [-0.39, 0.29) is 18.0 Å². The lowest BCUT2D eigenvalue weighted by Gasteiger charge is -2.17. The first-order valence-electron chi connectivity index (χ1n) is 7.72. The fourth-order valence-corrected chi connectivity index (χ4v) is 2.83. The average molecular weight is 373 g/mol. The summed E-state index contributed by atoms with van der Waals surface area (Å²) in [7, 11) is -4.31. The average Bonchev–Trinajstić information content (AvgIpc) is 2.55. The van der Waals surface area contributed by atoms with Crippen LogP contribution in [0.2, 0.25) is 0 Å². The summed E-state index contributed by atoms with van der Waals surface area (Å²) in [6.45, 7) is 5.49. The molecule has 1 N–H and O–H groups in total. The van der Waals surface area contributed by atoms with E-state index in [4.69, 9.17) is 19.7 Å². The summed E-state index contributed by atoms with van der Waals surface area (Å²) in [6.07, 6.45) is -0.513. The van der Waals surface area contributed by atoms with Gasteiger partial charge in [-0.2, -0.15) is 8.42 Å². The number of hydrogen-bond acceptors (Lipinski definition) is 6. The predicted molar refractivity (Wildman–Crippen MR) is 91.0 cm³/mol. The molecule has 0 heterocycles. The summed E-state index contributed by atoms with van der Waals surface area (Å²) in [5.74, 6) is 0. The summed E-state index contributed by atoms with van der Waals surface area (Å²) < 4.78 is 48.3. The van der Waals surface area contributed by atoms with Gasteiger partial charge in [0.05, 0.1) is 44.0 Å². The van der Waals surface area contributed by atoms with Gasteiger partial charge in [-0.25, -0.2) is 0 Å². The minimum atomic E-state index is -4.31. The highest BCUT2D eigenvalue weighted by Gasteiger charge is 2.19. The predicted octanol–water partition coefficient (Wildman–Crippen LogP) is 2.66. The van der Waals surface area contributed by atoms with Crippen molar-refractivity contribution in [3.8, 4) is 0 Å². The lowest BCUT2D eigenvalue weighted by molar-refractivity contribution is -0.00675. The topological polar surface area (TPSA) is 131 Å². The number of ether oxygens (including phenoxy) is 3. The van der Waals surface area contributed by atoms with E-state index in [0.29, 0.717) is 32.0 Å². The number of azide groups is 1. The lowest BCUT2D eigenvalue weighted by atomic mass is 10.1. The summed E-state index contributed by atoms with van der Waals surface area (Å²) in [4.78, 5) is 2.45. The van der Waals surface area contributed by atoms with Gasteiger partial charge in [-0.1, -0.05) is 22.8 Å². The zero-order valence-corrected chi connectivity index (χ0v) is 15.1. The number of rotatable bonds is 12. The highest BCUT2D eigenvalue weighted by Crippen LogP contribution is 2.26. The standard InChI is InChI=1S/C15H23N3O6S/c1-12-3-4-15(25(19,20)21)14(11-12)13(2)24-10-9-23-8-7-22-6-5-17-18-16/h3-4,11,13H,5-10H2,1-2H3,(H,19,20,21). The van der Waals surface area contributed by atoms with Gasteiger partial charge in [-0.05, 0) is 25.4 Å². The summed E-state index contributed by atoms with van der Waals surface area (Å²) in [5, 5.41) is 3.33. The van der Waals surface area contributed by atoms with E-state index in [0.717, 1.165) is 5.56 Å². The Hall–Kier alpha value is -1.68. The molecule has 9 nitrogen and oxygen atoms in total. The van der Waals surface area contributed by atoms with Crippen molar-refractivity contribution in [3.63, 3.8) is 0 Å². The van der Waals surface area contributed by atoms with Crippen LogP contribution in [0.1, 0.15) is 24.2 Å². The Morgan fingerprint density at radius 3 is 2.48 bits per heavy atom. The van der Waals surface area contributed by atoms with E-state index in [9.17, 15) is 13.0 Å². The van der Waals surface area contributed by atoms with Crippen molar-refractivity contribution in [2.24, 2.45) is 5.11 Å². The smallest absolute Gasteiger partial charge is 0.294 e. The second-order valence-electron chi connectivity index (χ2n) is 5.21. The third-order valence-electron chi connectivity index (χ3n) is 3.25. The molecule has 0 aliphatic carbocycles. The number of nitrogens with zero attached hydrogens (tertiary/aromatic N) is 3. The molecule has 0 radical (unpaired) electrons.